The Kier molecular flexibility index (Phi) is 3.29. The Hall–Kier alpha value is -2.14. The smallest absolute Gasteiger partial charge is 0.178 e. The molecule has 4 nitrogen and oxygen atoms in total. The second-order valence-electron chi connectivity index (χ2n) is 5.00. The Bertz CT molecular complexity index is 911. The van der Waals surface area contributed by atoms with Crippen molar-refractivity contribution >= 4 is 15.5 Å². The molecule has 0 aliphatic heterocycles. The highest BCUT2D eigenvalue weighted by molar-refractivity contribution is 7.91. The van der Waals surface area contributed by atoms with Crippen molar-refractivity contribution in [1.82, 2.24) is 9.38 Å². The Morgan fingerprint density at radius 2 is 1.95 bits per heavy atom. The third kappa shape index (κ3) is 2.45. The van der Waals surface area contributed by atoms with Crippen molar-refractivity contribution in [2.45, 2.75) is 18.7 Å². The highest BCUT2D eigenvalue weighted by Crippen LogP contribution is 2.27. The summed E-state index contributed by atoms with van der Waals surface area (Å²) >= 11 is 0. The van der Waals surface area contributed by atoms with Crippen molar-refractivity contribution in [2.75, 3.05) is 5.75 Å². The quantitative estimate of drug-likeness (QED) is 0.747. The monoisotopic (exact) mass is 300 g/mol. The molecule has 0 saturated carbocycles. The highest BCUT2D eigenvalue weighted by atomic mass is 32.2. The number of rotatable bonds is 3. The Morgan fingerprint density at radius 1 is 1.19 bits per heavy atom. The van der Waals surface area contributed by atoms with Crippen molar-refractivity contribution in [3.8, 4) is 11.3 Å². The first-order valence-electron chi connectivity index (χ1n) is 6.79. The topological polar surface area (TPSA) is 51.4 Å². The Balaban J connectivity index is 2.24. The fourth-order valence-electron chi connectivity index (χ4n) is 2.32. The first kappa shape index (κ1) is 13.8. The third-order valence-electron chi connectivity index (χ3n) is 3.49. The van der Waals surface area contributed by atoms with Gasteiger partial charge in [-0.25, -0.2) is 13.4 Å². The van der Waals surface area contributed by atoms with Crippen LogP contribution in [0.25, 0.3) is 16.9 Å². The van der Waals surface area contributed by atoms with E-state index in [0.717, 1.165) is 11.2 Å². The minimum absolute atomic E-state index is 0.0799. The summed E-state index contributed by atoms with van der Waals surface area (Å²) in [6.45, 7) is 3.66. The van der Waals surface area contributed by atoms with Gasteiger partial charge in [-0.3, -0.25) is 0 Å². The molecule has 2 heterocycles. The minimum atomic E-state index is -3.27. The predicted octanol–water partition coefficient (Wildman–Crippen LogP) is 3.10. The van der Waals surface area contributed by atoms with Gasteiger partial charge in [0.1, 0.15) is 5.65 Å². The van der Waals surface area contributed by atoms with E-state index in [2.05, 4.69) is 4.98 Å². The first-order chi connectivity index (χ1) is 10.0. The lowest BCUT2D eigenvalue weighted by molar-refractivity contribution is 0.597. The SMILES string of the molecule is CCS(=O)(=O)c1ccccc1-c1cn2ccc(C)cc2n1. The number of benzene rings is 1. The molecule has 0 unspecified atom stereocenters. The molecule has 0 amide bonds. The first-order valence-corrected chi connectivity index (χ1v) is 8.44. The number of hydrogen-bond donors (Lipinski definition) is 0. The molecule has 0 fully saturated rings. The summed E-state index contributed by atoms with van der Waals surface area (Å²) < 4.78 is 26.4. The lowest BCUT2D eigenvalue weighted by Gasteiger charge is -2.06. The van der Waals surface area contributed by atoms with Crippen LogP contribution in [-0.4, -0.2) is 23.6 Å². The summed E-state index contributed by atoms with van der Waals surface area (Å²) in [4.78, 5) is 4.89. The summed E-state index contributed by atoms with van der Waals surface area (Å²) in [5, 5.41) is 0. The maximum atomic E-state index is 12.2. The van der Waals surface area contributed by atoms with Gasteiger partial charge < -0.3 is 4.40 Å². The van der Waals surface area contributed by atoms with Gasteiger partial charge in [0.15, 0.2) is 9.84 Å². The summed E-state index contributed by atoms with van der Waals surface area (Å²) in [5.74, 6) is 0.0799. The lowest BCUT2D eigenvalue weighted by Crippen LogP contribution is -2.05. The van der Waals surface area contributed by atoms with Crippen molar-refractivity contribution in [2.24, 2.45) is 0 Å². The van der Waals surface area contributed by atoms with Gasteiger partial charge in [-0.2, -0.15) is 0 Å². The van der Waals surface area contributed by atoms with Crippen molar-refractivity contribution < 1.29 is 8.42 Å². The molecule has 108 valence electrons. The fraction of sp³-hybridized carbons (Fsp3) is 0.188. The Morgan fingerprint density at radius 3 is 2.71 bits per heavy atom. The van der Waals surface area contributed by atoms with Crippen molar-refractivity contribution in [3.63, 3.8) is 0 Å². The summed E-state index contributed by atoms with van der Waals surface area (Å²) in [6, 6.07) is 11.0. The second-order valence-corrected chi connectivity index (χ2v) is 7.24. The molecule has 5 heteroatoms. The normalized spacial score (nSPS) is 11.9. The number of nitrogens with zero attached hydrogens (tertiary/aromatic N) is 2. The number of hydrogen-bond acceptors (Lipinski definition) is 3. The summed E-state index contributed by atoms with van der Waals surface area (Å²) in [5.41, 5.74) is 3.26. The van der Waals surface area contributed by atoms with Gasteiger partial charge in [-0.15, -0.1) is 0 Å². The number of imidazole rings is 1. The molecule has 3 rings (SSSR count). The number of sulfone groups is 1. The molecule has 2 aromatic heterocycles. The molecule has 0 bridgehead atoms. The van der Waals surface area contributed by atoms with Crippen LogP contribution in [0.1, 0.15) is 12.5 Å². The van der Waals surface area contributed by atoms with E-state index in [1.165, 1.54) is 0 Å². The number of pyridine rings is 1. The van der Waals surface area contributed by atoms with E-state index < -0.39 is 9.84 Å². The van der Waals surface area contributed by atoms with Crippen molar-refractivity contribution in [3.05, 3.63) is 54.4 Å². The molecule has 0 aliphatic carbocycles. The number of fused-ring (bicyclic) bond motifs is 1. The lowest BCUT2D eigenvalue weighted by atomic mass is 10.2. The van der Waals surface area contributed by atoms with Gasteiger partial charge in [-0.05, 0) is 30.7 Å². The summed E-state index contributed by atoms with van der Waals surface area (Å²) in [7, 11) is -3.27. The van der Waals surface area contributed by atoms with E-state index in [9.17, 15) is 8.42 Å². The zero-order valence-electron chi connectivity index (χ0n) is 11.9. The molecule has 0 radical (unpaired) electrons. The van der Waals surface area contributed by atoms with Crippen LogP contribution in [0.2, 0.25) is 0 Å². The minimum Gasteiger partial charge on any atom is -0.306 e. The van der Waals surface area contributed by atoms with Crippen LogP contribution in [0.4, 0.5) is 0 Å². The van der Waals surface area contributed by atoms with Crippen LogP contribution in [0.5, 0.6) is 0 Å². The zero-order chi connectivity index (χ0) is 15.0. The van der Waals surface area contributed by atoms with E-state index in [0.29, 0.717) is 16.2 Å². The standard InChI is InChI=1S/C16H16N2O2S/c1-3-21(19,20)15-7-5-4-6-13(15)14-11-18-9-8-12(2)10-16(18)17-14/h4-11H,3H2,1-2H3. The molecule has 0 spiro atoms. The van der Waals surface area contributed by atoms with E-state index in [1.54, 1.807) is 25.1 Å². The molecule has 0 saturated heterocycles. The molecule has 0 aliphatic rings. The summed E-state index contributed by atoms with van der Waals surface area (Å²) in [6.07, 6.45) is 3.79. The Labute approximate surface area is 124 Å². The van der Waals surface area contributed by atoms with E-state index >= 15 is 0 Å². The van der Waals surface area contributed by atoms with E-state index in [-0.39, 0.29) is 5.75 Å². The molecular formula is C16H16N2O2S. The predicted molar refractivity (Wildman–Crippen MR) is 83.1 cm³/mol. The third-order valence-corrected chi connectivity index (χ3v) is 5.28. The maximum absolute atomic E-state index is 12.2. The van der Waals surface area contributed by atoms with Gasteiger partial charge in [0.2, 0.25) is 0 Å². The van der Waals surface area contributed by atoms with Crippen LogP contribution >= 0.6 is 0 Å². The van der Waals surface area contributed by atoms with Gasteiger partial charge >= 0.3 is 0 Å². The zero-order valence-corrected chi connectivity index (χ0v) is 12.8. The second kappa shape index (κ2) is 5.00. The van der Waals surface area contributed by atoms with Crippen LogP contribution in [0, 0.1) is 6.92 Å². The van der Waals surface area contributed by atoms with Crippen LogP contribution in [-0.2, 0) is 9.84 Å². The maximum Gasteiger partial charge on any atom is 0.178 e. The van der Waals surface area contributed by atoms with Crippen LogP contribution in [0.15, 0.2) is 53.7 Å². The van der Waals surface area contributed by atoms with Gasteiger partial charge in [0, 0.05) is 18.0 Å². The molecule has 1 aromatic carbocycles. The van der Waals surface area contributed by atoms with Gasteiger partial charge in [0.05, 0.1) is 16.3 Å². The van der Waals surface area contributed by atoms with Gasteiger partial charge in [-0.1, -0.05) is 25.1 Å². The molecule has 21 heavy (non-hydrogen) atoms. The largest absolute Gasteiger partial charge is 0.306 e. The molecule has 0 N–H and O–H groups in total. The number of aryl methyl sites for hydroxylation is 1. The average Bonchev–Trinajstić information content (AvgIpc) is 2.90. The highest BCUT2D eigenvalue weighted by Gasteiger charge is 2.18. The van der Waals surface area contributed by atoms with Crippen LogP contribution in [0.3, 0.4) is 0 Å². The van der Waals surface area contributed by atoms with Crippen molar-refractivity contribution in [1.29, 1.82) is 0 Å². The van der Waals surface area contributed by atoms with Crippen LogP contribution < -0.4 is 0 Å². The van der Waals surface area contributed by atoms with Gasteiger partial charge in [0.25, 0.3) is 0 Å². The number of aromatic nitrogens is 2. The molecule has 3 aromatic rings. The fourth-order valence-corrected chi connectivity index (χ4v) is 3.42. The molecule has 0 atom stereocenters. The van der Waals surface area contributed by atoms with E-state index in [4.69, 9.17) is 0 Å². The molecular weight excluding hydrogens is 284 g/mol. The van der Waals surface area contributed by atoms with E-state index in [1.807, 2.05) is 41.9 Å². The average molecular weight is 300 g/mol.